The predicted octanol–water partition coefficient (Wildman–Crippen LogP) is 2.91. The number of allylic oxidation sites excluding steroid dienone is 3. The van der Waals surface area contributed by atoms with E-state index in [1.54, 1.807) is 6.92 Å². The molecule has 0 spiro atoms. The fourth-order valence-electron chi connectivity index (χ4n) is 0.625. The Bertz CT molecular complexity index is 241. The molecule has 0 radical (unpaired) electrons. The van der Waals surface area contributed by atoms with Gasteiger partial charge in [0.1, 0.15) is 5.83 Å². The van der Waals surface area contributed by atoms with Gasteiger partial charge in [-0.25, -0.2) is 9.38 Å². The van der Waals surface area contributed by atoms with E-state index in [0.29, 0.717) is 12.0 Å². The van der Waals surface area contributed by atoms with Gasteiger partial charge in [-0.1, -0.05) is 19.6 Å². The third-order valence-electron chi connectivity index (χ3n) is 1.26. The lowest BCUT2D eigenvalue weighted by atomic mass is 10.2. The standard InChI is InChI=1S/C9H12FNO/c1-4-8(5-2)9(10)6-11-7(3)12/h4,6,12H,1,3,5H2,2H3/b9-8-,11-6-. The second-order valence-corrected chi connectivity index (χ2v) is 2.11. The number of aliphatic hydroxyl groups is 1. The molecule has 0 aliphatic heterocycles. The highest BCUT2D eigenvalue weighted by atomic mass is 19.1. The minimum atomic E-state index is -0.497. The quantitative estimate of drug-likeness (QED) is 0.391. The minimum Gasteiger partial charge on any atom is -0.494 e. The summed E-state index contributed by atoms with van der Waals surface area (Å²) < 4.78 is 12.9. The summed E-state index contributed by atoms with van der Waals surface area (Å²) in [6.45, 7) is 8.32. The lowest BCUT2D eigenvalue weighted by molar-refractivity contribution is 0.410. The van der Waals surface area contributed by atoms with Gasteiger partial charge in [0.2, 0.25) is 5.88 Å². The van der Waals surface area contributed by atoms with Crippen LogP contribution in [0.15, 0.2) is 41.5 Å². The molecule has 1 N–H and O–H groups in total. The first-order valence-corrected chi connectivity index (χ1v) is 3.54. The van der Waals surface area contributed by atoms with Gasteiger partial charge in [0.15, 0.2) is 0 Å². The molecule has 0 rings (SSSR count). The van der Waals surface area contributed by atoms with E-state index in [9.17, 15) is 4.39 Å². The summed E-state index contributed by atoms with van der Waals surface area (Å²) in [6.07, 6.45) is 2.88. The van der Waals surface area contributed by atoms with Crippen molar-refractivity contribution in [2.24, 2.45) is 4.99 Å². The molecule has 0 heterocycles. The average molecular weight is 169 g/mol. The molecule has 66 valence electrons. The van der Waals surface area contributed by atoms with Crippen LogP contribution < -0.4 is 0 Å². The molecule has 0 saturated heterocycles. The Morgan fingerprint density at radius 1 is 1.67 bits per heavy atom. The highest BCUT2D eigenvalue weighted by molar-refractivity contribution is 5.78. The first-order chi connectivity index (χ1) is 5.61. The van der Waals surface area contributed by atoms with E-state index in [0.717, 1.165) is 6.21 Å². The van der Waals surface area contributed by atoms with Crippen molar-refractivity contribution in [3.63, 3.8) is 0 Å². The van der Waals surface area contributed by atoms with Gasteiger partial charge < -0.3 is 5.11 Å². The number of aliphatic hydroxyl groups excluding tert-OH is 1. The average Bonchev–Trinajstić information content (AvgIpc) is 2.03. The van der Waals surface area contributed by atoms with Gasteiger partial charge in [-0.05, 0) is 18.6 Å². The van der Waals surface area contributed by atoms with Crippen molar-refractivity contribution in [3.8, 4) is 0 Å². The van der Waals surface area contributed by atoms with Gasteiger partial charge in [-0.2, -0.15) is 0 Å². The van der Waals surface area contributed by atoms with Crippen LogP contribution in [0.2, 0.25) is 0 Å². The molecular formula is C9H12FNO. The van der Waals surface area contributed by atoms with Crippen molar-refractivity contribution in [2.75, 3.05) is 0 Å². The molecule has 0 aromatic rings. The summed E-state index contributed by atoms with van der Waals surface area (Å²) in [5, 5.41) is 8.52. The largest absolute Gasteiger partial charge is 0.494 e. The van der Waals surface area contributed by atoms with Crippen LogP contribution in [0.1, 0.15) is 13.3 Å². The van der Waals surface area contributed by atoms with E-state index in [1.807, 2.05) is 0 Å². The summed E-state index contributed by atoms with van der Waals surface area (Å²) in [4.78, 5) is 3.30. The second-order valence-electron chi connectivity index (χ2n) is 2.11. The smallest absolute Gasteiger partial charge is 0.203 e. The van der Waals surface area contributed by atoms with Crippen molar-refractivity contribution in [1.82, 2.24) is 0 Å². The van der Waals surface area contributed by atoms with Crippen LogP contribution in [0, 0.1) is 0 Å². The number of halogens is 1. The van der Waals surface area contributed by atoms with E-state index < -0.39 is 11.7 Å². The topological polar surface area (TPSA) is 32.6 Å². The Hall–Kier alpha value is -1.38. The molecule has 0 aliphatic carbocycles. The van der Waals surface area contributed by atoms with Gasteiger partial charge in [0.25, 0.3) is 0 Å². The third kappa shape index (κ3) is 3.71. The molecule has 2 nitrogen and oxygen atoms in total. The number of aliphatic imine (C=N–C) groups is 1. The zero-order chi connectivity index (χ0) is 9.56. The third-order valence-corrected chi connectivity index (χ3v) is 1.26. The van der Waals surface area contributed by atoms with E-state index in [1.165, 1.54) is 6.08 Å². The van der Waals surface area contributed by atoms with E-state index in [2.05, 4.69) is 18.2 Å². The van der Waals surface area contributed by atoms with Crippen molar-refractivity contribution in [2.45, 2.75) is 13.3 Å². The fourth-order valence-corrected chi connectivity index (χ4v) is 0.625. The molecule has 0 saturated carbocycles. The summed E-state index contributed by atoms with van der Waals surface area (Å²) in [6, 6.07) is 0. The lowest BCUT2D eigenvalue weighted by Crippen LogP contribution is -1.84. The normalized spacial score (nSPS) is 12.8. The van der Waals surface area contributed by atoms with Crippen LogP contribution in [-0.4, -0.2) is 11.3 Å². The number of nitrogens with zero attached hydrogens (tertiary/aromatic N) is 1. The number of rotatable bonds is 4. The molecule has 3 heteroatoms. The van der Waals surface area contributed by atoms with Gasteiger partial charge in [-0.15, -0.1) is 0 Å². The summed E-state index contributed by atoms with van der Waals surface area (Å²) in [5.74, 6) is -0.910. The molecule has 0 bridgehead atoms. The summed E-state index contributed by atoms with van der Waals surface area (Å²) in [7, 11) is 0. The summed E-state index contributed by atoms with van der Waals surface area (Å²) in [5.41, 5.74) is 0.458. The molecule has 0 aliphatic rings. The molecule has 0 amide bonds. The number of hydrogen-bond donors (Lipinski definition) is 1. The SMILES string of the molecule is C=C/C(CC)=C(F)\C=N/C(=C)O. The van der Waals surface area contributed by atoms with Crippen molar-refractivity contribution < 1.29 is 9.50 Å². The summed E-state index contributed by atoms with van der Waals surface area (Å²) >= 11 is 0. The monoisotopic (exact) mass is 169 g/mol. The van der Waals surface area contributed by atoms with E-state index >= 15 is 0 Å². The highest BCUT2D eigenvalue weighted by Crippen LogP contribution is 2.09. The Morgan fingerprint density at radius 2 is 2.25 bits per heavy atom. The lowest BCUT2D eigenvalue weighted by Gasteiger charge is -1.95. The minimum absolute atomic E-state index is 0.412. The van der Waals surface area contributed by atoms with Crippen LogP contribution in [0.25, 0.3) is 0 Å². The first kappa shape index (κ1) is 10.6. The molecule has 12 heavy (non-hydrogen) atoms. The van der Waals surface area contributed by atoms with Gasteiger partial charge in [0, 0.05) is 0 Å². The van der Waals surface area contributed by atoms with Crippen molar-refractivity contribution in [3.05, 3.63) is 36.5 Å². The highest BCUT2D eigenvalue weighted by Gasteiger charge is 1.96. The zero-order valence-electron chi connectivity index (χ0n) is 7.05. The van der Waals surface area contributed by atoms with Crippen LogP contribution >= 0.6 is 0 Å². The maximum Gasteiger partial charge on any atom is 0.203 e. The molecule has 0 aromatic carbocycles. The number of hydrogen-bond acceptors (Lipinski definition) is 2. The van der Waals surface area contributed by atoms with Gasteiger partial charge in [-0.3, -0.25) is 0 Å². The van der Waals surface area contributed by atoms with Crippen LogP contribution in [0.3, 0.4) is 0 Å². The van der Waals surface area contributed by atoms with E-state index in [4.69, 9.17) is 5.11 Å². The maximum absolute atomic E-state index is 12.9. The zero-order valence-corrected chi connectivity index (χ0v) is 7.05. The van der Waals surface area contributed by atoms with E-state index in [-0.39, 0.29) is 0 Å². The molecule has 0 unspecified atom stereocenters. The Morgan fingerprint density at radius 3 is 2.58 bits per heavy atom. The predicted molar refractivity (Wildman–Crippen MR) is 48.9 cm³/mol. The Balaban J connectivity index is 4.53. The van der Waals surface area contributed by atoms with Crippen LogP contribution in [0.5, 0.6) is 0 Å². The van der Waals surface area contributed by atoms with Gasteiger partial charge in [0.05, 0.1) is 6.21 Å². The van der Waals surface area contributed by atoms with Crippen LogP contribution in [-0.2, 0) is 0 Å². The van der Waals surface area contributed by atoms with Gasteiger partial charge >= 0.3 is 0 Å². The molecule has 0 aromatic heterocycles. The Kier molecular flexibility index (Phi) is 4.69. The van der Waals surface area contributed by atoms with Crippen molar-refractivity contribution >= 4 is 6.21 Å². The van der Waals surface area contributed by atoms with Crippen LogP contribution in [0.4, 0.5) is 4.39 Å². The molecule has 0 fully saturated rings. The van der Waals surface area contributed by atoms with Crippen molar-refractivity contribution in [1.29, 1.82) is 0 Å². The Labute approximate surface area is 71.4 Å². The first-order valence-electron chi connectivity index (χ1n) is 3.54. The maximum atomic E-state index is 12.9. The second kappa shape index (κ2) is 5.29. The molecular weight excluding hydrogens is 157 g/mol. The fraction of sp³-hybridized carbons (Fsp3) is 0.222. The molecule has 0 atom stereocenters.